The maximum atomic E-state index is 13.8. The Bertz CT molecular complexity index is 1480. The van der Waals surface area contributed by atoms with Crippen LogP contribution < -0.4 is 14.8 Å². The predicted octanol–water partition coefficient (Wildman–Crippen LogP) is 6.99. The molecule has 6 nitrogen and oxygen atoms in total. The molecular weight excluding hydrogens is 549 g/mol. The van der Waals surface area contributed by atoms with E-state index < -0.39 is 11.9 Å². The van der Waals surface area contributed by atoms with Crippen molar-refractivity contribution in [2.75, 3.05) is 20.3 Å². The lowest BCUT2D eigenvalue weighted by Gasteiger charge is -2.36. The van der Waals surface area contributed by atoms with Gasteiger partial charge in [-0.2, -0.15) is 0 Å². The highest BCUT2D eigenvalue weighted by atomic mass is 35.5. The summed E-state index contributed by atoms with van der Waals surface area (Å²) >= 11 is 12.6. The van der Waals surface area contributed by atoms with Crippen LogP contribution in [0.3, 0.4) is 0 Å². The second kappa shape index (κ2) is 12.2. The number of carbonyl (C=O) groups excluding carboxylic acids is 2. The quantitative estimate of drug-likeness (QED) is 0.230. The number of benzene rings is 3. The molecule has 0 radical (unpaired) electrons. The fourth-order valence-electron chi connectivity index (χ4n) is 5.34. The van der Waals surface area contributed by atoms with E-state index in [0.29, 0.717) is 51.0 Å². The van der Waals surface area contributed by atoms with Crippen molar-refractivity contribution in [1.29, 1.82) is 0 Å². The molecule has 0 amide bonds. The Morgan fingerprint density at radius 2 is 1.62 bits per heavy atom. The highest BCUT2D eigenvalue weighted by Gasteiger charge is 2.41. The number of carbonyl (C=O) groups is 2. The Morgan fingerprint density at radius 1 is 0.900 bits per heavy atom. The van der Waals surface area contributed by atoms with Crippen molar-refractivity contribution in [3.8, 4) is 11.5 Å². The summed E-state index contributed by atoms with van der Waals surface area (Å²) < 4.78 is 16.6. The third-order valence-corrected chi connectivity index (χ3v) is 7.98. The average molecular weight is 578 g/mol. The fourth-order valence-corrected chi connectivity index (χ4v) is 5.64. The number of rotatable bonds is 8. The molecular formula is C32H29Cl2NO5. The molecule has 8 heteroatoms. The van der Waals surface area contributed by atoms with Gasteiger partial charge in [0.25, 0.3) is 0 Å². The van der Waals surface area contributed by atoms with Crippen molar-refractivity contribution in [3.63, 3.8) is 0 Å². The molecule has 3 aromatic carbocycles. The smallest absolute Gasteiger partial charge is 0.336 e. The second-order valence-corrected chi connectivity index (χ2v) is 10.6. The second-order valence-electron chi connectivity index (χ2n) is 9.76. The van der Waals surface area contributed by atoms with E-state index in [1.165, 1.54) is 0 Å². The van der Waals surface area contributed by atoms with Crippen LogP contribution in [0.5, 0.6) is 11.5 Å². The SMILES string of the molecule is COc1ccc(C2CC(=O)C3=C(C2)NC(C)=C(C(=O)OCCOc2ccccc2)C3c2ccc(Cl)c(Cl)c2)cc1. The van der Waals surface area contributed by atoms with Gasteiger partial charge in [-0.1, -0.05) is 59.6 Å². The highest BCUT2D eigenvalue weighted by molar-refractivity contribution is 6.42. The number of methoxy groups -OCH3 is 1. The summed E-state index contributed by atoms with van der Waals surface area (Å²) in [7, 11) is 1.62. The zero-order valence-electron chi connectivity index (χ0n) is 22.2. The van der Waals surface area contributed by atoms with Crippen molar-refractivity contribution in [1.82, 2.24) is 5.32 Å². The summed E-state index contributed by atoms with van der Waals surface area (Å²) in [6.07, 6.45) is 0.937. The lowest BCUT2D eigenvalue weighted by Crippen LogP contribution is -2.36. The van der Waals surface area contributed by atoms with Crippen LogP contribution >= 0.6 is 23.2 Å². The number of hydrogen-bond donors (Lipinski definition) is 1. The van der Waals surface area contributed by atoms with Crippen molar-refractivity contribution in [2.24, 2.45) is 0 Å². The molecule has 3 aromatic rings. The molecule has 40 heavy (non-hydrogen) atoms. The first-order valence-electron chi connectivity index (χ1n) is 13.0. The van der Waals surface area contributed by atoms with E-state index in [4.69, 9.17) is 37.4 Å². The topological polar surface area (TPSA) is 73.9 Å². The summed E-state index contributed by atoms with van der Waals surface area (Å²) in [5.74, 6) is 0.256. The Hall–Kier alpha value is -3.74. The van der Waals surface area contributed by atoms with Gasteiger partial charge in [0.05, 0.1) is 22.7 Å². The number of para-hydroxylation sites is 1. The Morgan fingerprint density at radius 3 is 2.33 bits per heavy atom. The van der Waals surface area contributed by atoms with Crippen LogP contribution in [-0.4, -0.2) is 32.1 Å². The van der Waals surface area contributed by atoms with Gasteiger partial charge < -0.3 is 19.5 Å². The lowest BCUT2D eigenvalue weighted by molar-refractivity contribution is -0.140. The molecule has 0 fully saturated rings. The van der Waals surface area contributed by atoms with Gasteiger partial charge in [-0.3, -0.25) is 4.79 Å². The largest absolute Gasteiger partial charge is 0.497 e. The van der Waals surface area contributed by atoms with Crippen molar-refractivity contribution in [2.45, 2.75) is 31.6 Å². The zero-order valence-corrected chi connectivity index (χ0v) is 23.7. The molecule has 0 bridgehead atoms. The van der Waals surface area contributed by atoms with Gasteiger partial charge in [0.15, 0.2) is 5.78 Å². The number of hydrogen-bond acceptors (Lipinski definition) is 6. The molecule has 1 aliphatic heterocycles. The summed E-state index contributed by atoms with van der Waals surface area (Å²) in [5, 5.41) is 4.11. The van der Waals surface area contributed by atoms with Gasteiger partial charge in [-0.05, 0) is 66.8 Å². The molecule has 0 aromatic heterocycles. The number of esters is 1. The number of halogens is 2. The van der Waals surface area contributed by atoms with Crippen LogP contribution in [0, 0.1) is 0 Å². The van der Waals surface area contributed by atoms with Gasteiger partial charge in [0.1, 0.15) is 24.7 Å². The molecule has 1 N–H and O–H groups in total. The third-order valence-electron chi connectivity index (χ3n) is 7.24. The molecule has 206 valence electrons. The minimum atomic E-state index is -0.641. The van der Waals surface area contributed by atoms with Crippen molar-refractivity contribution in [3.05, 3.63) is 117 Å². The van der Waals surface area contributed by atoms with Crippen LogP contribution in [0.15, 0.2) is 95.3 Å². The van der Waals surface area contributed by atoms with E-state index in [1.54, 1.807) is 25.3 Å². The van der Waals surface area contributed by atoms with E-state index in [2.05, 4.69) is 5.32 Å². The van der Waals surface area contributed by atoms with E-state index in [9.17, 15) is 9.59 Å². The van der Waals surface area contributed by atoms with Gasteiger partial charge in [-0.15, -0.1) is 0 Å². The van der Waals surface area contributed by atoms with Gasteiger partial charge >= 0.3 is 5.97 Å². The molecule has 2 atom stereocenters. The van der Waals surface area contributed by atoms with Gasteiger partial charge in [0.2, 0.25) is 0 Å². The van der Waals surface area contributed by atoms with Crippen molar-refractivity contribution >= 4 is 35.0 Å². The maximum Gasteiger partial charge on any atom is 0.336 e. The van der Waals surface area contributed by atoms with Crippen LogP contribution in [0.2, 0.25) is 10.0 Å². The van der Waals surface area contributed by atoms with E-state index in [0.717, 1.165) is 17.0 Å². The Kier molecular flexibility index (Phi) is 8.48. The summed E-state index contributed by atoms with van der Waals surface area (Å²) in [6.45, 7) is 2.08. The monoisotopic (exact) mass is 577 g/mol. The zero-order chi connectivity index (χ0) is 28.2. The molecule has 0 spiro atoms. The number of Topliss-reactive ketones (excluding diaryl/α,β-unsaturated/α-hetero) is 1. The molecule has 2 unspecified atom stereocenters. The molecule has 1 heterocycles. The number of dihydropyridines is 1. The van der Waals surface area contributed by atoms with Gasteiger partial charge in [-0.25, -0.2) is 4.79 Å². The molecule has 1 aliphatic carbocycles. The predicted molar refractivity (Wildman–Crippen MR) is 155 cm³/mol. The standard InChI is InChI=1S/C32H29Cl2NO5/c1-19-29(32(37)40-15-14-39-24-6-4-3-5-7-24)30(21-10-13-25(33)26(34)16-21)31-27(35-19)17-22(18-28(31)36)20-8-11-23(38-2)12-9-20/h3-13,16,22,30,35H,14-15,17-18H2,1-2H3. The van der Waals surface area contributed by atoms with E-state index >= 15 is 0 Å². The average Bonchev–Trinajstić information content (AvgIpc) is 2.96. The fraction of sp³-hybridized carbons (Fsp3) is 0.250. The Balaban J connectivity index is 1.43. The number of ketones is 1. The van der Waals surface area contributed by atoms with Crippen LogP contribution in [-0.2, 0) is 14.3 Å². The summed E-state index contributed by atoms with van der Waals surface area (Å²) in [5.41, 5.74) is 4.11. The van der Waals surface area contributed by atoms with E-state index in [1.807, 2.05) is 61.5 Å². The third kappa shape index (κ3) is 5.88. The molecule has 5 rings (SSSR count). The minimum absolute atomic E-state index is 0.00412. The lowest BCUT2D eigenvalue weighted by atomic mass is 9.71. The van der Waals surface area contributed by atoms with Crippen LogP contribution in [0.4, 0.5) is 0 Å². The highest BCUT2D eigenvalue weighted by Crippen LogP contribution is 2.46. The summed E-state index contributed by atoms with van der Waals surface area (Å²) in [4.78, 5) is 27.3. The van der Waals surface area contributed by atoms with Gasteiger partial charge in [0, 0.05) is 29.3 Å². The number of allylic oxidation sites excluding steroid dienone is 3. The number of nitrogens with one attached hydrogen (secondary N) is 1. The molecule has 0 saturated carbocycles. The van der Waals surface area contributed by atoms with Crippen LogP contribution in [0.1, 0.15) is 42.7 Å². The Labute approximate surface area is 243 Å². The molecule has 0 saturated heterocycles. The first-order chi connectivity index (χ1) is 19.4. The minimum Gasteiger partial charge on any atom is -0.497 e. The number of ether oxygens (including phenoxy) is 3. The van der Waals surface area contributed by atoms with Crippen LogP contribution in [0.25, 0.3) is 0 Å². The first kappa shape index (κ1) is 27.8. The summed E-state index contributed by atoms with van der Waals surface area (Å²) in [6, 6.07) is 22.3. The first-order valence-corrected chi connectivity index (χ1v) is 13.8. The normalized spacial score (nSPS) is 18.6. The van der Waals surface area contributed by atoms with E-state index in [-0.39, 0.29) is 24.9 Å². The maximum absolute atomic E-state index is 13.8. The van der Waals surface area contributed by atoms with Crippen molar-refractivity contribution < 1.29 is 23.8 Å². The molecule has 2 aliphatic rings.